The SMILES string of the molecule is CCC(=O)Nc1cc(NCC(=O)N2CCC(C)CC2)ccc1C. The highest BCUT2D eigenvalue weighted by Crippen LogP contribution is 2.21. The second-order valence-corrected chi connectivity index (χ2v) is 6.35. The number of amides is 2. The summed E-state index contributed by atoms with van der Waals surface area (Å²) in [6, 6.07) is 5.76. The summed E-state index contributed by atoms with van der Waals surface area (Å²) in [5, 5.41) is 6.05. The largest absolute Gasteiger partial charge is 0.376 e. The molecule has 1 aromatic carbocycles. The van der Waals surface area contributed by atoms with E-state index in [1.165, 1.54) is 0 Å². The van der Waals surface area contributed by atoms with Gasteiger partial charge in [-0.3, -0.25) is 9.59 Å². The molecule has 0 aromatic heterocycles. The molecular formula is C18H27N3O2. The lowest BCUT2D eigenvalue weighted by Crippen LogP contribution is -2.40. The Morgan fingerprint density at radius 2 is 1.96 bits per heavy atom. The number of rotatable bonds is 5. The molecule has 0 atom stereocenters. The molecule has 1 aliphatic rings. The van der Waals surface area contributed by atoms with Crippen LogP contribution < -0.4 is 10.6 Å². The summed E-state index contributed by atoms with van der Waals surface area (Å²) >= 11 is 0. The van der Waals surface area contributed by atoms with Gasteiger partial charge in [-0.25, -0.2) is 0 Å². The lowest BCUT2D eigenvalue weighted by atomic mass is 9.99. The van der Waals surface area contributed by atoms with Crippen LogP contribution in [0.5, 0.6) is 0 Å². The average Bonchev–Trinajstić information content (AvgIpc) is 2.55. The Hall–Kier alpha value is -2.04. The first kappa shape index (κ1) is 17.3. The summed E-state index contributed by atoms with van der Waals surface area (Å²) in [5.41, 5.74) is 2.65. The lowest BCUT2D eigenvalue weighted by molar-refractivity contribution is -0.130. The minimum Gasteiger partial charge on any atom is -0.376 e. The minimum atomic E-state index is -0.0104. The van der Waals surface area contributed by atoms with Crippen LogP contribution in [0.3, 0.4) is 0 Å². The van der Waals surface area contributed by atoms with E-state index >= 15 is 0 Å². The Morgan fingerprint density at radius 1 is 1.26 bits per heavy atom. The van der Waals surface area contributed by atoms with E-state index in [0.29, 0.717) is 18.9 Å². The van der Waals surface area contributed by atoms with Crippen LogP contribution in [0.15, 0.2) is 18.2 Å². The Kier molecular flexibility index (Phi) is 6.02. The molecule has 2 N–H and O–H groups in total. The third-order valence-corrected chi connectivity index (χ3v) is 4.41. The van der Waals surface area contributed by atoms with Crippen molar-refractivity contribution in [2.24, 2.45) is 5.92 Å². The molecule has 1 aliphatic heterocycles. The highest BCUT2D eigenvalue weighted by molar-refractivity contribution is 5.92. The number of likely N-dealkylation sites (tertiary alicyclic amines) is 1. The van der Waals surface area contributed by atoms with E-state index in [-0.39, 0.29) is 11.8 Å². The molecule has 0 radical (unpaired) electrons. The van der Waals surface area contributed by atoms with Crippen LogP contribution in [-0.2, 0) is 9.59 Å². The normalized spacial score (nSPS) is 15.3. The maximum Gasteiger partial charge on any atom is 0.241 e. The van der Waals surface area contributed by atoms with Gasteiger partial charge in [-0.2, -0.15) is 0 Å². The molecule has 2 rings (SSSR count). The second-order valence-electron chi connectivity index (χ2n) is 6.35. The molecule has 2 amide bonds. The van der Waals surface area contributed by atoms with Crippen LogP contribution in [-0.4, -0.2) is 36.3 Å². The third-order valence-electron chi connectivity index (χ3n) is 4.41. The van der Waals surface area contributed by atoms with Gasteiger partial charge in [0.25, 0.3) is 0 Å². The molecule has 1 heterocycles. The van der Waals surface area contributed by atoms with Gasteiger partial charge in [-0.15, -0.1) is 0 Å². The molecule has 5 heteroatoms. The maximum absolute atomic E-state index is 12.2. The highest BCUT2D eigenvalue weighted by Gasteiger charge is 2.19. The Bertz CT molecular complexity index is 563. The van der Waals surface area contributed by atoms with Crippen molar-refractivity contribution >= 4 is 23.2 Å². The molecule has 23 heavy (non-hydrogen) atoms. The van der Waals surface area contributed by atoms with Crippen molar-refractivity contribution in [2.45, 2.75) is 40.0 Å². The van der Waals surface area contributed by atoms with Crippen molar-refractivity contribution in [2.75, 3.05) is 30.3 Å². The zero-order valence-electron chi connectivity index (χ0n) is 14.3. The molecule has 126 valence electrons. The molecule has 1 fully saturated rings. The topological polar surface area (TPSA) is 61.4 Å². The number of nitrogens with one attached hydrogen (secondary N) is 2. The average molecular weight is 317 g/mol. The fraction of sp³-hybridized carbons (Fsp3) is 0.556. The number of piperidine rings is 1. The van der Waals surface area contributed by atoms with Gasteiger partial charge >= 0.3 is 0 Å². The van der Waals surface area contributed by atoms with Crippen molar-refractivity contribution in [3.63, 3.8) is 0 Å². The quantitative estimate of drug-likeness (QED) is 0.877. The highest BCUT2D eigenvalue weighted by atomic mass is 16.2. The smallest absolute Gasteiger partial charge is 0.241 e. The van der Waals surface area contributed by atoms with Crippen molar-refractivity contribution in [1.29, 1.82) is 0 Å². The number of carbonyl (C=O) groups excluding carboxylic acids is 2. The summed E-state index contributed by atoms with van der Waals surface area (Å²) in [6.07, 6.45) is 2.62. The number of hydrogen-bond donors (Lipinski definition) is 2. The van der Waals surface area contributed by atoms with E-state index in [4.69, 9.17) is 0 Å². The maximum atomic E-state index is 12.2. The first-order chi connectivity index (χ1) is 11.0. The molecule has 0 unspecified atom stereocenters. The molecule has 0 saturated carbocycles. The van der Waals surface area contributed by atoms with Crippen LogP contribution in [0.1, 0.15) is 38.7 Å². The number of hydrogen-bond acceptors (Lipinski definition) is 3. The van der Waals surface area contributed by atoms with Crippen LogP contribution in [0, 0.1) is 12.8 Å². The molecule has 0 aliphatic carbocycles. The van der Waals surface area contributed by atoms with E-state index < -0.39 is 0 Å². The van der Waals surface area contributed by atoms with Crippen molar-refractivity contribution in [3.05, 3.63) is 23.8 Å². The lowest BCUT2D eigenvalue weighted by Gasteiger charge is -2.30. The summed E-state index contributed by atoms with van der Waals surface area (Å²) in [4.78, 5) is 25.7. The summed E-state index contributed by atoms with van der Waals surface area (Å²) in [5.74, 6) is 0.842. The minimum absolute atomic E-state index is 0.0104. The molecule has 0 spiro atoms. The zero-order valence-corrected chi connectivity index (χ0v) is 14.3. The Labute approximate surface area is 138 Å². The van der Waals surface area contributed by atoms with Crippen molar-refractivity contribution < 1.29 is 9.59 Å². The monoisotopic (exact) mass is 317 g/mol. The standard InChI is InChI=1S/C18H27N3O2/c1-4-17(22)20-16-11-15(6-5-14(16)3)19-12-18(23)21-9-7-13(2)8-10-21/h5-6,11,13,19H,4,7-10,12H2,1-3H3,(H,20,22). The summed E-state index contributed by atoms with van der Waals surface area (Å²) in [6.45, 7) is 8.01. The predicted octanol–water partition coefficient (Wildman–Crippen LogP) is 3.01. The predicted molar refractivity (Wildman–Crippen MR) is 93.6 cm³/mol. The van der Waals surface area contributed by atoms with Gasteiger partial charge in [0.15, 0.2) is 0 Å². The fourth-order valence-electron chi connectivity index (χ4n) is 2.65. The van der Waals surface area contributed by atoms with Crippen LogP contribution in [0.25, 0.3) is 0 Å². The van der Waals surface area contributed by atoms with E-state index in [9.17, 15) is 9.59 Å². The molecule has 1 saturated heterocycles. The van der Waals surface area contributed by atoms with E-state index in [0.717, 1.165) is 42.9 Å². The summed E-state index contributed by atoms with van der Waals surface area (Å²) < 4.78 is 0. The van der Waals surface area contributed by atoms with Crippen LogP contribution in [0.2, 0.25) is 0 Å². The van der Waals surface area contributed by atoms with Gasteiger partial charge in [-0.05, 0) is 43.4 Å². The molecular weight excluding hydrogens is 290 g/mol. The van der Waals surface area contributed by atoms with Gasteiger partial charge in [0.05, 0.1) is 6.54 Å². The van der Waals surface area contributed by atoms with Crippen LogP contribution >= 0.6 is 0 Å². The van der Waals surface area contributed by atoms with Crippen LogP contribution in [0.4, 0.5) is 11.4 Å². The van der Waals surface area contributed by atoms with Gasteiger partial charge in [0.2, 0.25) is 11.8 Å². The number of benzene rings is 1. The third kappa shape index (κ3) is 4.98. The van der Waals surface area contributed by atoms with E-state index in [1.54, 1.807) is 0 Å². The molecule has 0 bridgehead atoms. The summed E-state index contributed by atoms with van der Waals surface area (Å²) in [7, 11) is 0. The number of aryl methyl sites for hydroxylation is 1. The first-order valence-corrected chi connectivity index (χ1v) is 8.41. The van der Waals surface area contributed by atoms with Gasteiger partial charge in [-0.1, -0.05) is 19.9 Å². The van der Waals surface area contributed by atoms with Crippen molar-refractivity contribution in [3.8, 4) is 0 Å². The van der Waals surface area contributed by atoms with Crippen molar-refractivity contribution in [1.82, 2.24) is 4.90 Å². The first-order valence-electron chi connectivity index (χ1n) is 8.41. The number of nitrogens with zero attached hydrogens (tertiary/aromatic N) is 1. The number of carbonyl (C=O) groups is 2. The fourth-order valence-corrected chi connectivity index (χ4v) is 2.65. The Balaban J connectivity index is 1.91. The van der Waals surface area contributed by atoms with Gasteiger partial charge in [0, 0.05) is 30.9 Å². The molecule has 1 aromatic rings. The number of anilines is 2. The second kappa shape index (κ2) is 7.99. The Morgan fingerprint density at radius 3 is 2.61 bits per heavy atom. The molecule has 5 nitrogen and oxygen atoms in total. The van der Waals surface area contributed by atoms with Gasteiger partial charge in [0.1, 0.15) is 0 Å². The van der Waals surface area contributed by atoms with E-state index in [2.05, 4.69) is 17.6 Å². The van der Waals surface area contributed by atoms with Gasteiger partial charge < -0.3 is 15.5 Å². The van der Waals surface area contributed by atoms with E-state index in [1.807, 2.05) is 36.9 Å². The zero-order chi connectivity index (χ0) is 16.8.